The molecule has 4 rings (SSSR count). The Balaban J connectivity index is 2.06. The third-order valence-electron chi connectivity index (χ3n) is 4.88. The lowest BCUT2D eigenvalue weighted by atomic mass is 9.58. The summed E-state index contributed by atoms with van der Waals surface area (Å²) in [5.74, 6) is -0.535. The van der Waals surface area contributed by atoms with Crippen LogP contribution in [0.1, 0.15) is 19.8 Å². The number of hydroxylamine groups is 2. The Morgan fingerprint density at radius 1 is 1.26 bits per heavy atom. The van der Waals surface area contributed by atoms with Crippen LogP contribution in [-0.2, 0) is 23.9 Å². The number of hydrogen-bond donors (Lipinski definition) is 0. The van der Waals surface area contributed by atoms with Crippen LogP contribution in [0.5, 0.6) is 0 Å². The highest BCUT2D eigenvalue weighted by molar-refractivity contribution is 6.01. The standard InChI is InChI=1S/C13H19NO5/c1-7-9-4-8-5-13(11(15)17-2,12(16)18-3)10(9)14(6-8)19-7/h7-10H,4-6H2,1-3H3/t7-,8-,9-,10+/m1/s1. The molecule has 0 spiro atoms. The van der Waals surface area contributed by atoms with E-state index in [-0.39, 0.29) is 24.0 Å². The molecule has 0 amide bonds. The molecule has 6 heteroatoms. The number of carbonyl (C=O) groups is 2. The van der Waals surface area contributed by atoms with Crippen molar-refractivity contribution in [1.82, 2.24) is 5.06 Å². The molecule has 1 aliphatic carbocycles. The van der Waals surface area contributed by atoms with Crippen molar-refractivity contribution >= 4 is 11.9 Å². The second-order valence-corrected chi connectivity index (χ2v) is 5.78. The summed E-state index contributed by atoms with van der Waals surface area (Å²) >= 11 is 0. The van der Waals surface area contributed by atoms with Crippen molar-refractivity contribution in [2.75, 3.05) is 20.8 Å². The maximum absolute atomic E-state index is 12.3. The number of rotatable bonds is 2. The Labute approximate surface area is 111 Å². The SMILES string of the molecule is COC(=O)C1(C(=O)OC)C[C@H]2C[C@H]3[C@@H]1N(C2)O[C@@H]3C. The van der Waals surface area contributed by atoms with Gasteiger partial charge in [0.2, 0.25) is 0 Å². The normalized spacial score (nSPS) is 41.9. The van der Waals surface area contributed by atoms with Gasteiger partial charge >= 0.3 is 11.9 Å². The van der Waals surface area contributed by atoms with Gasteiger partial charge in [0.15, 0.2) is 5.41 Å². The molecule has 6 nitrogen and oxygen atoms in total. The van der Waals surface area contributed by atoms with Gasteiger partial charge in [-0.2, -0.15) is 5.06 Å². The summed E-state index contributed by atoms with van der Waals surface area (Å²) in [6, 6.07) is -0.257. The van der Waals surface area contributed by atoms with E-state index in [1.807, 2.05) is 6.92 Å². The Bertz CT molecular complexity index is 405. The monoisotopic (exact) mass is 269 g/mol. The van der Waals surface area contributed by atoms with Crippen LogP contribution in [0.3, 0.4) is 0 Å². The highest BCUT2D eigenvalue weighted by atomic mass is 16.7. The molecule has 4 bridgehead atoms. The van der Waals surface area contributed by atoms with Crippen LogP contribution >= 0.6 is 0 Å². The number of piperidine rings is 2. The van der Waals surface area contributed by atoms with Crippen molar-refractivity contribution in [2.24, 2.45) is 17.3 Å². The molecule has 1 unspecified atom stereocenters. The molecule has 0 N–H and O–H groups in total. The first-order chi connectivity index (χ1) is 9.04. The Morgan fingerprint density at radius 2 is 1.89 bits per heavy atom. The lowest BCUT2D eigenvalue weighted by molar-refractivity contribution is -0.224. The lowest BCUT2D eigenvalue weighted by Crippen LogP contribution is -2.65. The maximum Gasteiger partial charge on any atom is 0.324 e. The second-order valence-electron chi connectivity index (χ2n) is 5.78. The number of methoxy groups -OCH3 is 2. The lowest BCUT2D eigenvalue weighted by Gasteiger charge is -2.51. The smallest absolute Gasteiger partial charge is 0.324 e. The Morgan fingerprint density at radius 3 is 2.42 bits per heavy atom. The number of esters is 2. The first-order valence-electron chi connectivity index (χ1n) is 6.64. The fourth-order valence-electron chi connectivity index (χ4n) is 4.21. The van der Waals surface area contributed by atoms with Crippen molar-refractivity contribution in [3.63, 3.8) is 0 Å². The van der Waals surface area contributed by atoms with Crippen LogP contribution in [0.15, 0.2) is 0 Å². The summed E-state index contributed by atoms with van der Waals surface area (Å²) in [5.41, 5.74) is -1.22. The Hall–Kier alpha value is -1.14. The van der Waals surface area contributed by atoms with Gasteiger partial charge in [0.25, 0.3) is 0 Å². The molecule has 3 heterocycles. The van der Waals surface area contributed by atoms with Gasteiger partial charge in [0, 0.05) is 12.5 Å². The van der Waals surface area contributed by atoms with Crippen molar-refractivity contribution in [3.8, 4) is 0 Å². The van der Waals surface area contributed by atoms with Gasteiger partial charge in [-0.15, -0.1) is 0 Å². The van der Waals surface area contributed by atoms with Crippen molar-refractivity contribution in [1.29, 1.82) is 0 Å². The molecule has 0 aromatic carbocycles. The first-order valence-corrected chi connectivity index (χ1v) is 6.64. The van der Waals surface area contributed by atoms with Gasteiger partial charge in [-0.1, -0.05) is 0 Å². The fourth-order valence-corrected chi connectivity index (χ4v) is 4.21. The van der Waals surface area contributed by atoms with E-state index in [2.05, 4.69) is 0 Å². The van der Waals surface area contributed by atoms with Crippen LogP contribution in [0, 0.1) is 17.3 Å². The predicted octanol–water partition coefficient (Wildman–Crippen LogP) is 0.363. The summed E-state index contributed by atoms with van der Waals surface area (Å²) in [7, 11) is 2.63. The highest BCUT2D eigenvalue weighted by Crippen LogP contribution is 2.55. The minimum atomic E-state index is -1.22. The quantitative estimate of drug-likeness (QED) is 0.533. The van der Waals surface area contributed by atoms with Crippen LogP contribution in [0.25, 0.3) is 0 Å². The van der Waals surface area contributed by atoms with E-state index in [1.165, 1.54) is 14.2 Å². The molecule has 0 aromatic heterocycles. The maximum atomic E-state index is 12.3. The summed E-state index contributed by atoms with van der Waals surface area (Å²) in [4.78, 5) is 30.4. The molecular formula is C13H19NO5. The average Bonchev–Trinajstić information content (AvgIpc) is 2.67. The molecule has 4 aliphatic rings. The minimum Gasteiger partial charge on any atom is -0.468 e. The molecule has 3 aliphatic heterocycles. The molecule has 5 atom stereocenters. The molecule has 106 valence electrons. The summed E-state index contributed by atoms with van der Waals surface area (Å²) in [6.45, 7) is 2.77. The largest absolute Gasteiger partial charge is 0.468 e. The predicted molar refractivity (Wildman–Crippen MR) is 63.7 cm³/mol. The topological polar surface area (TPSA) is 65.1 Å². The third kappa shape index (κ3) is 1.50. The zero-order chi connectivity index (χ0) is 13.8. The van der Waals surface area contributed by atoms with Crippen LogP contribution in [-0.4, -0.2) is 49.9 Å². The van der Waals surface area contributed by atoms with Gasteiger partial charge in [-0.25, -0.2) is 0 Å². The van der Waals surface area contributed by atoms with Gasteiger partial charge in [-0.3, -0.25) is 14.4 Å². The second kappa shape index (κ2) is 4.18. The molecule has 4 fully saturated rings. The van der Waals surface area contributed by atoms with Crippen LogP contribution < -0.4 is 0 Å². The van der Waals surface area contributed by atoms with Crippen molar-refractivity contribution in [3.05, 3.63) is 0 Å². The highest BCUT2D eigenvalue weighted by Gasteiger charge is 2.69. The van der Waals surface area contributed by atoms with Crippen LogP contribution in [0.2, 0.25) is 0 Å². The average molecular weight is 269 g/mol. The van der Waals surface area contributed by atoms with E-state index in [1.54, 1.807) is 5.06 Å². The van der Waals surface area contributed by atoms with Crippen LogP contribution in [0.4, 0.5) is 0 Å². The molecule has 1 saturated carbocycles. The zero-order valence-electron chi connectivity index (χ0n) is 11.4. The molecule has 0 aromatic rings. The van der Waals surface area contributed by atoms with E-state index >= 15 is 0 Å². The van der Waals surface area contributed by atoms with Crippen molar-refractivity contribution < 1.29 is 23.9 Å². The number of ether oxygens (including phenoxy) is 2. The Kier molecular flexibility index (Phi) is 2.83. The minimum absolute atomic E-state index is 0.0315. The fraction of sp³-hybridized carbons (Fsp3) is 0.846. The van der Waals surface area contributed by atoms with E-state index in [4.69, 9.17) is 14.3 Å². The van der Waals surface area contributed by atoms with E-state index in [0.717, 1.165) is 13.0 Å². The summed E-state index contributed by atoms with van der Waals surface area (Å²) in [5, 5.41) is 1.81. The van der Waals surface area contributed by atoms with E-state index in [9.17, 15) is 9.59 Å². The number of hydrogen-bond acceptors (Lipinski definition) is 6. The first kappa shape index (κ1) is 12.9. The molecular weight excluding hydrogens is 250 g/mol. The molecule has 3 saturated heterocycles. The summed E-state index contributed by atoms with van der Waals surface area (Å²) in [6.07, 6.45) is 1.53. The van der Waals surface area contributed by atoms with Gasteiger partial charge in [0.05, 0.1) is 26.4 Å². The third-order valence-corrected chi connectivity index (χ3v) is 4.88. The number of carbonyl (C=O) groups excluding carboxylic acids is 2. The van der Waals surface area contributed by atoms with E-state index < -0.39 is 17.4 Å². The van der Waals surface area contributed by atoms with E-state index in [0.29, 0.717) is 6.42 Å². The van der Waals surface area contributed by atoms with Crippen molar-refractivity contribution in [2.45, 2.75) is 31.9 Å². The van der Waals surface area contributed by atoms with Gasteiger partial charge < -0.3 is 9.47 Å². The number of nitrogens with zero attached hydrogens (tertiary/aromatic N) is 1. The van der Waals surface area contributed by atoms with Gasteiger partial charge in [0.1, 0.15) is 0 Å². The molecule has 0 radical (unpaired) electrons. The summed E-state index contributed by atoms with van der Waals surface area (Å²) < 4.78 is 9.81. The van der Waals surface area contributed by atoms with Gasteiger partial charge in [-0.05, 0) is 25.7 Å². The molecule has 19 heavy (non-hydrogen) atoms. The number of fused-ring (bicyclic) bond motifs is 1. The zero-order valence-corrected chi connectivity index (χ0v) is 11.4.